The number of methoxy groups -OCH3 is 2. The fraction of sp³-hybridized carbons (Fsp3) is 0.226. The van der Waals surface area contributed by atoms with Crippen LogP contribution in [-0.2, 0) is 20.6 Å². The minimum atomic E-state index is -4.67. The maximum atomic E-state index is 13.9. The number of nitrogens with one attached hydrogen (secondary N) is 2. The number of hydrogen-bond donors (Lipinski definition) is 2. The standard InChI is InChI=1S/C31H24F3N3O7S2/c1-42-19-9-7-17(8-10-19)35-22(38)14-44-20-11-6-15(12-21(20)43-2)23-24-26(45-27-25(23)46-30(41)36-27)29(40)37(28(24)39)18-5-3-4-16(13-18)31(32,33)34/h3-13,23-24,26H,14H2,1-2H3,(H,35,38)(H,36,41). The Labute approximate surface area is 267 Å². The lowest BCUT2D eigenvalue weighted by molar-refractivity contribution is -0.137. The Balaban J connectivity index is 1.29. The van der Waals surface area contributed by atoms with Gasteiger partial charge < -0.3 is 24.5 Å². The molecule has 46 heavy (non-hydrogen) atoms. The molecule has 0 bridgehead atoms. The molecule has 0 saturated carbocycles. The molecule has 0 radical (unpaired) electrons. The van der Waals surface area contributed by atoms with E-state index in [1.54, 1.807) is 42.5 Å². The van der Waals surface area contributed by atoms with Crippen LogP contribution < -0.4 is 29.3 Å². The summed E-state index contributed by atoms with van der Waals surface area (Å²) in [5.74, 6) is -2.57. The Hall–Kier alpha value is -4.76. The minimum Gasteiger partial charge on any atom is -0.497 e. The van der Waals surface area contributed by atoms with Crippen LogP contribution in [0.4, 0.5) is 24.5 Å². The lowest BCUT2D eigenvalue weighted by Crippen LogP contribution is -2.32. The Kier molecular flexibility index (Phi) is 8.29. The number of aromatic nitrogens is 1. The zero-order chi connectivity index (χ0) is 32.7. The Bertz CT molecular complexity index is 1890. The van der Waals surface area contributed by atoms with E-state index < -0.39 is 46.5 Å². The number of thiazole rings is 1. The molecule has 0 spiro atoms. The largest absolute Gasteiger partial charge is 0.497 e. The van der Waals surface area contributed by atoms with E-state index in [2.05, 4.69) is 10.3 Å². The molecule has 6 rings (SSSR count). The Morgan fingerprint density at radius 1 is 0.957 bits per heavy atom. The summed E-state index contributed by atoms with van der Waals surface area (Å²) >= 11 is 1.89. The third-order valence-electron chi connectivity index (χ3n) is 7.53. The summed E-state index contributed by atoms with van der Waals surface area (Å²) in [7, 11) is 2.92. The highest BCUT2D eigenvalue weighted by Crippen LogP contribution is 2.54. The number of carbonyl (C=O) groups is 3. The van der Waals surface area contributed by atoms with Crippen LogP contribution >= 0.6 is 23.1 Å². The van der Waals surface area contributed by atoms with Gasteiger partial charge in [-0.25, -0.2) is 4.90 Å². The first-order valence-corrected chi connectivity index (χ1v) is 15.4. The van der Waals surface area contributed by atoms with Crippen LogP contribution in [0.15, 0.2) is 76.6 Å². The summed E-state index contributed by atoms with van der Waals surface area (Å²) in [5.41, 5.74) is -0.140. The summed E-state index contributed by atoms with van der Waals surface area (Å²) in [6.07, 6.45) is -4.67. The molecule has 1 saturated heterocycles. The summed E-state index contributed by atoms with van der Waals surface area (Å²) in [4.78, 5) is 56.1. The quantitative estimate of drug-likeness (QED) is 0.242. The summed E-state index contributed by atoms with van der Waals surface area (Å²) in [5, 5.41) is 2.11. The number of fused-ring (bicyclic) bond motifs is 2. The monoisotopic (exact) mass is 671 g/mol. The van der Waals surface area contributed by atoms with Gasteiger partial charge in [0, 0.05) is 16.5 Å². The highest BCUT2D eigenvalue weighted by Gasteiger charge is 2.56. The van der Waals surface area contributed by atoms with Gasteiger partial charge in [0.25, 0.3) is 5.91 Å². The van der Waals surface area contributed by atoms with E-state index in [4.69, 9.17) is 14.2 Å². The van der Waals surface area contributed by atoms with Gasteiger partial charge in [0.15, 0.2) is 18.1 Å². The molecule has 3 aromatic carbocycles. The fourth-order valence-electron chi connectivity index (χ4n) is 5.46. The number of alkyl halides is 3. The van der Waals surface area contributed by atoms with Crippen LogP contribution in [0.3, 0.4) is 0 Å². The first kappa shape index (κ1) is 31.2. The molecule has 0 aliphatic carbocycles. The SMILES string of the molecule is COc1ccc(NC(=O)COc2ccc(C3c4sc(=O)[nH]c4SC4C(=O)N(c5cccc(C(F)(F)F)c5)C(=O)C43)cc2OC)cc1. The molecular formula is C31H24F3N3O7S2. The molecule has 2 aliphatic heterocycles. The number of imide groups is 1. The minimum absolute atomic E-state index is 0.190. The Morgan fingerprint density at radius 3 is 2.41 bits per heavy atom. The molecule has 2 N–H and O–H groups in total. The molecule has 3 heterocycles. The van der Waals surface area contributed by atoms with Crippen LogP contribution in [0.5, 0.6) is 17.2 Å². The maximum Gasteiger partial charge on any atom is 0.416 e. The first-order chi connectivity index (χ1) is 22.0. The van der Waals surface area contributed by atoms with E-state index in [9.17, 15) is 32.3 Å². The third kappa shape index (κ3) is 5.83. The van der Waals surface area contributed by atoms with Gasteiger partial charge in [0.1, 0.15) is 11.0 Å². The second-order valence-corrected chi connectivity index (χ2v) is 12.5. The lowest BCUT2D eigenvalue weighted by atomic mass is 9.83. The molecule has 15 heteroatoms. The number of aromatic amines is 1. The molecule has 3 unspecified atom stereocenters. The molecule has 1 fully saturated rings. The van der Waals surface area contributed by atoms with Crippen molar-refractivity contribution in [1.82, 2.24) is 4.98 Å². The predicted molar refractivity (Wildman–Crippen MR) is 164 cm³/mol. The molecule has 238 valence electrons. The number of carbonyl (C=O) groups excluding carboxylic acids is 3. The van der Waals surface area contributed by atoms with Gasteiger partial charge in [-0.15, -0.1) is 0 Å². The van der Waals surface area contributed by atoms with Crippen molar-refractivity contribution < 1.29 is 41.8 Å². The van der Waals surface area contributed by atoms with Crippen LogP contribution in [0.2, 0.25) is 0 Å². The van der Waals surface area contributed by atoms with E-state index in [1.165, 1.54) is 20.3 Å². The van der Waals surface area contributed by atoms with Crippen LogP contribution in [0.25, 0.3) is 0 Å². The molecule has 3 atom stereocenters. The van der Waals surface area contributed by atoms with Gasteiger partial charge in [-0.3, -0.25) is 19.2 Å². The number of thioether (sulfide) groups is 1. The molecule has 10 nitrogen and oxygen atoms in total. The second-order valence-electron chi connectivity index (χ2n) is 10.3. The highest BCUT2D eigenvalue weighted by atomic mass is 32.2. The van der Waals surface area contributed by atoms with E-state index in [0.717, 1.165) is 46.2 Å². The van der Waals surface area contributed by atoms with Crippen molar-refractivity contribution in [2.45, 2.75) is 22.4 Å². The molecule has 3 amide bonds. The van der Waals surface area contributed by atoms with E-state index >= 15 is 0 Å². The summed E-state index contributed by atoms with van der Waals surface area (Å²) in [6, 6.07) is 15.6. The molecule has 1 aromatic heterocycles. The van der Waals surface area contributed by atoms with Gasteiger partial charge in [0.05, 0.1) is 36.4 Å². The number of amides is 3. The number of nitrogens with zero attached hydrogens (tertiary/aromatic N) is 1. The van der Waals surface area contributed by atoms with Gasteiger partial charge >= 0.3 is 11.0 Å². The van der Waals surface area contributed by atoms with E-state index in [-0.39, 0.29) is 28.7 Å². The molecular weight excluding hydrogens is 647 g/mol. The number of ether oxygens (including phenoxy) is 3. The number of halogens is 3. The number of rotatable bonds is 8. The normalized spacial score (nSPS) is 19.0. The van der Waals surface area contributed by atoms with Crippen molar-refractivity contribution in [3.63, 3.8) is 0 Å². The Morgan fingerprint density at radius 2 is 1.72 bits per heavy atom. The van der Waals surface area contributed by atoms with Crippen molar-refractivity contribution in [3.8, 4) is 17.2 Å². The van der Waals surface area contributed by atoms with Gasteiger partial charge in [-0.1, -0.05) is 35.2 Å². The van der Waals surface area contributed by atoms with Crippen molar-refractivity contribution in [1.29, 1.82) is 0 Å². The lowest BCUT2D eigenvalue weighted by Gasteiger charge is -2.30. The van der Waals surface area contributed by atoms with E-state index in [0.29, 0.717) is 26.9 Å². The highest BCUT2D eigenvalue weighted by molar-refractivity contribution is 8.00. The smallest absolute Gasteiger partial charge is 0.416 e. The van der Waals surface area contributed by atoms with E-state index in [1.807, 2.05) is 0 Å². The van der Waals surface area contributed by atoms with Crippen molar-refractivity contribution in [3.05, 3.63) is 92.4 Å². The van der Waals surface area contributed by atoms with Crippen molar-refractivity contribution in [2.75, 3.05) is 31.0 Å². The van der Waals surface area contributed by atoms with Crippen LogP contribution in [-0.4, -0.2) is 48.8 Å². The van der Waals surface area contributed by atoms with Crippen molar-refractivity contribution >= 4 is 52.2 Å². The van der Waals surface area contributed by atoms with Crippen LogP contribution in [0, 0.1) is 5.92 Å². The van der Waals surface area contributed by atoms with Gasteiger partial charge in [-0.2, -0.15) is 13.2 Å². The third-order valence-corrected chi connectivity index (χ3v) is 9.94. The number of H-pyrrole nitrogens is 1. The first-order valence-electron chi connectivity index (χ1n) is 13.7. The summed E-state index contributed by atoms with van der Waals surface area (Å²) < 4.78 is 56.7. The average molecular weight is 672 g/mol. The molecule has 2 aliphatic rings. The topological polar surface area (TPSA) is 127 Å². The van der Waals surface area contributed by atoms with Gasteiger partial charge in [-0.05, 0) is 60.2 Å². The van der Waals surface area contributed by atoms with Crippen LogP contribution in [0.1, 0.15) is 21.9 Å². The second kappa shape index (κ2) is 12.2. The predicted octanol–water partition coefficient (Wildman–Crippen LogP) is 5.29. The zero-order valence-corrected chi connectivity index (χ0v) is 25.7. The average Bonchev–Trinajstić information content (AvgIpc) is 3.53. The fourth-order valence-corrected chi connectivity index (χ4v) is 7.98. The number of hydrogen-bond acceptors (Lipinski definition) is 9. The van der Waals surface area contributed by atoms with Gasteiger partial charge in [0.2, 0.25) is 11.8 Å². The summed E-state index contributed by atoms with van der Waals surface area (Å²) in [6.45, 7) is -0.352. The molecule has 4 aromatic rings. The number of anilines is 2. The maximum absolute atomic E-state index is 13.9. The zero-order valence-electron chi connectivity index (χ0n) is 24.0. The van der Waals surface area contributed by atoms with Crippen molar-refractivity contribution in [2.24, 2.45) is 5.92 Å². The number of benzene rings is 3.